The number of para-hydroxylation sites is 3. The maximum Gasteiger partial charge on any atom is 0.197 e. The summed E-state index contributed by atoms with van der Waals surface area (Å²) in [5, 5.41) is 3.93. The lowest BCUT2D eigenvalue weighted by Crippen LogP contribution is -2.45. The van der Waals surface area contributed by atoms with Crippen molar-refractivity contribution in [3.63, 3.8) is 0 Å². The summed E-state index contributed by atoms with van der Waals surface area (Å²) in [7, 11) is 2.46. The lowest BCUT2D eigenvalue weighted by Gasteiger charge is -2.46. The van der Waals surface area contributed by atoms with E-state index in [9.17, 15) is 0 Å². The predicted molar refractivity (Wildman–Crippen MR) is 219 cm³/mol. The quantitative estimate of drug-likeness (QED) is 0.189. The van der Waals surface area contributed by atoms with Crippen LogP contribution in [0.5, 0.6) is 0 Å². The Morgan fingerprint density at radius 2 is 1.24 bits per heavy atom. The van der Waals surface area contributed by atoms with Gasteiger partial charge in [-0.15, -0.1) is 0 Å². The van der Waals surface area contributed by atoms with Gasteiger partial charge in [-0.1, -0.05) is 126 Å². The molecule has 0 aromatic heterocycles. The van der Waals surface area contributed by atoms with Crippen molar-refractivity contribution in [1.82, 2.24) is 0 Å². The van der Waals surface area contributed by atoms with Crippen LogP contribution < -0.4 is 21.1 Å². The fraction of sp³-hybridized carbons (Fsp3) is 0.250. The van der Waals surface area contributed by atoms with Crippen LogP contribution in [0.2, 0.25) is 0 Å². The lowest BCUT2D eigenvalue weighted by molar-refractivity contribution is 0.332. The van der Waals surface area contributed by atoms with Crippen molar-refractivity contribution in [2.75, 3.05) is 10.2 Å². The average Bonchev–Trinajstić information content (AvgIpc) is 3.12. The van der Waals surface area contributed by atoms with Crippen LogP contribution >= 0.6 is 0 Å². The van der Waals surface area contributed by atoms with Crippen LogP contribution in [0, 0.1) is 6.92 Å². The summed E-state index contributed by atoms with van der Waals surface area (Å²) in [6, 6.07) is 45.4. The van der Waals surface area contributed by atoms with E-state index < -0.39 is 0 Å². The first-order valence-electron chi connectivity index (χ1n) is 18.6. The van der Waals surface area contributed by atoms with Crippen molar-refractivity contribution in [1.29, 1.82) is 0 Å². The summed E-state index contributed by atoms with van der Waals surface area (Å²) in [5.74, 6) is 0. The molecule has 1 radical (unpaired) electrons. The molecule has 9 rings (SSSR count). The van der Waals surface area contributed by atoms with Gasteiger partial charge in [0.1, 0.15) is 0 Å². The molecule has 0 spiro atoms. The number of hydrogen-bond donors (Lipinski definition) is 1. The minimum absolute atomic E-state index is 0.0706. The molecule has 1 aliphatic carbocycles. The van der Waals surface area contributed by atoms with Crippen molar-refractivity contribution in [2.45, 2.75) is 77.6 Å². The van der Waals surface area contributed by atoms with E-state index in [0.717, 1.165) is 11.4 Å². The largest absolute Gasteiger partial charge is 0.355 e. The van der Waals surface area contributed by atoms with Crippen molar-refractivity contribution < 1.29 is 0 Å². The Labute approximate surface area is 304 Å². The molecule has 2 aliphatic heterocycles. The smallest absolute Gasteiger partial charge is 0.197 e. The third kappa shape index (κ3) is 4.92. The molecule has 6 aromatic rings. The second-order valence-corrected chi connectivity index (χ2v) is 16.8. The molecule has 0 saturated carbocycles. The van der Waals surface area contributed by atoms with Gasteiger partial charge < -0.3 is 10.2 Å². The molecule has 3 aliphatic rings. The molecule has 0 saturated heterocycles. The van der Waals surface area contributed by atoms with Crippen LogP contribution in [-0.4, -0.2) is 7.28 Å². The number of benzene rings is 6. The third-order valence-corrected chi connectivity index (χ3v) is 12.3. The Morgan fingerprint density at radius 3 is 2.00 bits per heavy atom. The van der Waals surface area contributed by atoms with E-state index in [4.69, 9.17) is 0 Å². The van der Waals surface area contributed by atoms with E-state index >= 15 is 0 Å². The zero-order valence-electron chi connectivity index (χ0n) is 31.0. The van der Waals surface area contributed by atoms with E-state index in [2.05, 4.69) is 187 Å². The zero-order valence-corrected chi connectivity index (χ0v) is 31.0. The molecule has 2 heterocycles. The van der Waals surface area contributed by atoms with Crippen molar-refractivity contribution in [3.05, 3.63) is 149 Å². The van der Waals surface area contributed by atoms with E-state index in [1.54, 1.807) is 0 Å². The maximum atomic E-state index is 3.93. The van der Waals surface area contributed by atoms with E-state index in [0.29, 0.717) is 0 Å². The highest BCUT2D eigenvalue weighted by Gasteiger charge is 2.42. The van der Waals surface area contributed by atoms with Crippen LogP contribution in [0.3, 0.4) is 0 Å². The van der Waals surface area contributed by atoms with Crippen LogP contribution in [0.25, 0.3) is 22.3 Å². The molecular weight excluding hydrogens is 615 g/mol. The molecular formula is C48H46BN2. The molecule has 6 aromatic carbocycles. The van der Waals surface area contributed by atoms with Gasteiger partial charge in [-0.2, -0.15) is 0 Å². The number of nitrogens with one attached hydrogen (secondary N) is 1. The van der Waals surface area contributed by atoms with Gasteiger partial charge in [-0.3, -0.25) is 0 Å². The molecule has 1 N–H and O–H groups in total. The monoisotopic (exact) mass is 661 g/mol. The van der Waals surface area contributed by atoms with Crippen molar-refractivity contribution in [3.8, 4) is 22.3 Å². The topological polar surface area (TPSA) is 15.3 Å². The van der Waals surface area contributed by atoms with E-state index in [1.165, 1.54) is 90.9 Å². The lowest BCUT2D eigenvalue weighted by atomic mass is 9.55. The molecule has 0 atom stereocenters. The first-order chi connectivity index (χ1) is 24.4. The molecule has 0 bridgehead atoms. The maximum absolute atomic E-state index is 3.93. The first-order valence-corrected chi connectivity index (χ1v) is 18.6. The second-order valence-electron chi connectivity index (χ2n) is 16.8. The van der Waals surface area contributed by atoms with E-state index in [1.807, 2.05) is 0 Å². The molecule has 0 fully saturated rings. The van der Waals surface area contributed by atoms with Gasteiger partial charge in [0, 0.05) is 33.7 Å². The Hall–Kier alpha value is -5.02. The third-order valence-electron chi connectivity index (χ3n) is 12.3. The fourth-order valence-corrected chi connectivity index (χ4v) is 9.17. The molecule has 2 nitrogen and oxygen atoms in total. The summed E-state index contributed by atoms with van der Waals surface area (Å²) in [6.45, 7) is 16.7. The van der Waals surface area contributed by atoms with Gasteiger partial charge in [-0.05, 0) is 123 Å². The zero-order chi connectivity index (χ0) is 35.3. The summed E-state index contributed by atoms with van der Waals surface area (Å²) in [4.78, 5) is 2.57. The SMILES string of the molecule is Cc1ccccc1-c1cc(-c2cc3c(cc2Nc2ccccc2)C(C)(C)CCC3(C)C)c2c(c1)N1c3ccccc3C(C)(C)c3cccc(c31)[B]2. The van der Waals surface area contributed by atoms with Crippen LogP contribution in [0.1, 0.15) is 82.2 Å². The Kier molecular flexibility index (Phi) is 7.04. The highest BCUT2D eigenvalue weighted by Crippen LogP contribution is 2.54. The Balaban J connectivity index is 1.39. The van der Waals surface area contributed by atoms with Crippen LogP contribution in [0.15, 0.2) is 121 Å². The molecule has 3 heteroatoms. The van der Waals surface area contributed by atoms with Gasteiger partial charge in [0.15, 0.2) is 7.28 Å². The predicted octanol–water partition coefficient (Wildman–Crippen LogP) is 11.5. The average molecular weight is 662 g/mol. The highest BCUT2D eigenvalue weighted by atomic mass is 15.2. The highest BCUT2D eigenvalue weighted by molar-refractivity contribution is 6.73. The van der Waals surface area contributed by atoms with Crippen molar-refractivity contribution in [2.24, 2.45) is 0 Å². The van der Waals surface area contributed by atoms with Gasteiger partial charge in [-0.25, -0.2) is 0 Å². The number of hydrogen-bond acceptors (Lipinski definition) is 2. The van der Waals surface area contributed by atoms with Crippen molar-refractivity contribution >= 4 is 46.6 Å². The number of anilines is 5. The summed E-state index contributed by atoms with van der Waals surface area (Å²) in [6.07, 6.45) is 2.34. The minimum atomic E-state index is -0.121. The number of fused-ring (bicyclic) bond motifs is 5. The molecule has 51 heavy (non-hydrogen) atoms. The van der Waals surface area contributed by atoms with Gasteiger partial charge in [0.2, 0.25) is 0 Å². The first kappa shape index (κ1) is 31.9. The van der Waals surface area contributed by atoms with Gasteiger partial charge >= 0.3 is 0 Å². The number of nitrogens with zero attached hydrogens (tertiary/aromatic N) is 1. The van der Waals surface area contributed by atoms with Gasteiger partial charge in [0.05, 0.1) is 5.69 Å². The normalized spacial score (nSPS) is 17.0. The standard InChI is InChI=1S/C48H46BN2/c1-30-16-11-12-19-33(30)31-26-35(34-28-38-39(47(4,5)25-24-46(38,2)3)29-41(34)50-32-17-9-8-10-18-32)44-43(27-31)51-42-23-14-13-20-36(42)48(6,7)37-21-15-22-40(49-44)45(37)51/h8-23,26-29,50H,24-25H2,1-7H3. The van der Waals surface area contributed by atoms with Gasteiger partial charge in [0.25, 0.3) is 0 Å². The van der Waals surface area contributed by atoms with Crippen LogP contribution in [0.4, 0.5) is 28.4 Å². The van der Waals surface area contributed by atoms with E-state index in [-0.39, 0.29) is 16.2 Å². The fourth-order valence-electron chi connectivity index (χ4n) is 9.17. The molecule has 0 amide bonds. The number of aryl methyl sites for hydroxylation is 1. The molecule has 0 unspecified atom stereocenters. The number of rotatable bonds is 4. The molecule has 251 valence electrons. The van der Waals surface area contributed by atoms with Crippen LogP contribution in [-0.2, 0) is 16.2 Å². The summed E-state index contributed by atoms with van der Waals surface area (Å²) < 4.78 is 0. The Morgan fingerprint density at radius 1 is 0.569 bits per heavy atom. The second kappa shape index (κ2) is 11.2. The summed E-state index contributed by atoms with van der Waals surface area (Å²) in [5.41, 5.74) is 20.5. The summed E-state index contributed by atoms with van der Waals surface area (Å²) >= 11 is 0. The Bertz CT molecular complexity index is 2360. The minimum Gasteiger partial charge on any atom is -0.355 e.